The standard InChI is InChI=1S/C8H19NO5P/c1-9(2,3)5-7-13-15(11,12-4)14-8-6-10/h6H,5,7-8H2,1-4H3/q+1. The van der Waals surface area contributed by atoms with Crippen LogP contribution in [0.15, 0.2) is 0 Å². The predicted molar refractivity (Wildman–Crippen MR) is 55.5 cm³/mol. The fourth-order valence-corrected chi connectivity index (χ4v) is 1.52. The van der Waals surface area contributed by atoms with Gasteiger partial charge in [-0.2, -0.15) is 0 Å². The molecular weight excluding hydrogens is 221 g/mol. The molecule has 0 radical (unpaired) electrons. The van der Waals surface area contributed by atoms with Gasteiger partial charge in [0, 0.05) is 7.11 Å². The summed E-state index contributed by atoms with van der Waals surface area (Å²) in [5.41, 5.74) is 0. The Hall–Kier alpha value is -0.260. The number of rotatable bonds is 8. The maximum Gasteiger partial charge on any atom is 0.475 e. The van der Waals surface area contributed by atoms with Gasteiger partial charge in [-0.05, 0) is 0 Å². The third-order valence-corrected chi connectivity index (χ3v) is 2.95. The SMILES string of the molecule is COP(=O)(OCC=O)OCC[N+](C)(C)C. The minimum atomic E-state index is -3.54. The number of quaternary nitrogens is 1. The Balaban J connectivity index is 3.98. The molecule has 0 aromatic rings. The molecule has 0 fully saturated rings. The number of aldehydes is 1. The van der Waals surface area contributed by atoms with E-state index in [9.17, 15) is 9.36 Å². The molecule has 0 amide bonds. The zero-order chi connectivity index (χ0) is 11.9. The fraction of sp³-hybridized carbons (Fsp3) is 0.875. The summed E-state index contributed by atoms with van der Waals surface area (Å²) in [5, 5.41) is 0. The lowest BCUT2D eigenvalue weighted by Gasteiger charge is -2.24. The van der Waals surface area contributed by atoms with Crippen LogP contribution >= 0.6 is 7.82 Å². The van der Waals surface area contributed by atoms with Crippen LogP contribution < -0.4 is 0 Å². The molecule has 0 rings (SSSR count). The van der Waals surface area contributed by atoms with Crippen LogP contribution in [0.4, 0.5) is 0 Å². The van der Waals surface area contributed by atoms with Crippen molar-refractivity contribution in [2.45, 2.75) is 0 Å². The minimum absolute atomic E-state index is 0.244. The van der Waals surface area contributed by atoms with Crippen molar-refractivity contribution in [3.63, 3.8) is 0 Å². The Bertz CT molecular complexity index is 238. The van der Waals surface area contributed by atoms with Crippen LogP contribution in [0, 0.1) is 0 Å². The molecule has 0 saturated carbocycles. The lowest BCUT2D eigenvalue weighted by Crippen LogP contribution is -2.37. The quantitative estimate of drug-likeness (QED) is 0.354. The summed E-state index contributed by atoms with van der Waals surface area (Å²) >= 11 is 0. The first-order valence-corrected chi connectivity index (χ1v) is 5.98. The van der Waals surface area contributed by atoms with Gasteiger partial charge >= 0.3 is 7.82 Å². The molecule has 90 valence electrons. The average molecular weight is 240 g/mol. The van der Waals surface area contributed by atoms with Gasteiger partial charge in [0.2, 0.25) is 0 Å². The van der Waals surface area contributed by atoms with Gasteiger partial charge < -0.3 is 9.28 Å². The molecule has 0 bridgehead atoms. The van der Waals surface area contributed by atoms with Gasteiger partial charge in [0.1, 0.15) is 26.0 Å². The summed E-state index contributed by atoms with van der Waals surface area (Å²) < 4.78 is 26.5. The first-order valence-electron chi connectivity index (χ1n) is 4.52. The van der Waals surface area contributed by atoms with Crippen LogP contribution in [0.5, 0.6) is 0 Å². The number of phosphoric acid groups is 1. The summed E-state index contributed by atoms with van der Waals surface area (Å²) in [6.45, 7) is 0.612. The van der Waals surface area contributed by atoms with Crippen molar-refractivity contribution in [3.05, 3.63) is 0 Å². The molecule has 0 aliphatic rings. The number of nitrogens with zero attached hydrogens (tertiary/aromatic N) is 1. The highest BCUT2D eigenvalue weighted by Crippen LogP contribution is 2.48. The van der Waals surface area contributed by atoms with Gasteiger partial charge in [-0.3, -0.25) is 13.6 Å². The summed E-state index contributed by atoms with van der Waals surface area (Å²) in [4.78, 5) is 10.0. The zero-order valence-electron chi connectivity index (χ0n) is 9.63. The molecule has 0 aromatic carbocycles. The smallest absolute Gasteiger partial charge is 0.329 e. The zero-order valence-corrected chi connectivity index (χ0v) is 10.5. The van der Waals surface area contributed by atoms with Crippen molar-refractivity contribution in [1.82, 2.24) is 0 Å². The van der Waals surface area contributed by atoms with Crippen molar-refractivity contribution in [3.8, 4) is 0 Å². The largest absolute Gasteiger partial charge is 0.475 e. The lowest BCUT2D eigenvalue weighted by atomic mass is 10.5. The van der Waals surface area contributed by atoms with Gasteiger partial charge in [-0.15, -0.1) is 0 Å². The second-order valence-corrected chi connectivity index (χ2v) is 5.72. The molecular formula is C8H19NO5P+. The highest BCUT2D eigenvalue weighted by atomic mass is 31.2. The van der Waals surface area contributed by atoms with Gasteiger partial charge in [0.05, 0.1) is 21.1 Å². The van der Waals surface area contributed by atoms with Crippen LogP contribution in [-0.4, -0.2) is 58.8 Å². The molecule has 0 heterocycles. The highest BCUT2D eigenvalue weighted by molar-refractivity contribution is 7.48. The molecule has 0 aliphatic heterocycles. The van der Waals surface area contributed by atoms with Gasteiger partial charge in [0.15, 0.2) is 0 Å². The maximum atomic E-state index is 11.6. The molecule has 1 atom stereocenters. The molecule has 0 aliphatic carbocycles. The van der Waals surface area contributed by atoms with E-state index in [1.807, 2.05) is 21.1 Å². The van der Waals surface area contributed by atoms with Crippen molar-refractivity contribution in [2.75, 3.05) is 48.0 Å². The number of carbonyl (C=O) groups is 1. The third-order valence-electron chi connectivity index (χ3n) is 1.54. The molecule has 6 nitrogen and oxygen atoms in total. The van der Waals surface area contributed by atoms with Crippen molar-refractivity contribution >= 4 is 14.1 Å². The van der Waals surface area contributed by atoms with E-state index in [1.165, 1.54) is 7.11 Å². The minimum Gasteiger partial charge on any atom is -0.329 e. The van der Waals surface area contributed by atoms with Gasteiger partial charge in [-0.1, -0.05) is 0 Å². The fourth-order valence-electron chi connectivity index (χ4n) is 0.691. The second-order valence-electron chi connectivity index (χ2n) is 3.94. The Morgan fingerprint density at radius 1 is 1.27 bits per heavy atom. The first-order chi connectivity index (χ1) is 6.83. The van der Waals surface area contributed by atoms with Crippen molar-refractivity contribution < 1.29 is 27.4 Å². The molecule has 0 aromatic heterocycles. The molecule has 0 spiro atoms. The Kier molecular flexibility index (Phi) is 6.24. The van der Waals surface area contributed by atoms with E-state index in [0.717, 1.165) is 0 Å². The number of likely N-dealkylation sites (N-methyl/N-ethyl adjacent to an activating group) is 1. The van der Waals surface area contributed by atoms with Gasteiger partial charge in [0.25, 0.3) is 0 Å². The number of phosphoric ester groups is 1. The molecule has 1 unspecified atom stereocenters. The maximum absolute atomic E-state index is 11.6. The van der Waals surface area contributed by atoms with Crippen LogP contribution in [0.3, 0.4) is 0 Å². The van der Waals surface area contributed by atoms with E-state index in [2.05, 4.69) is 9.05 Å². The Morgan fingerprint density at radius 3 is 2.27 bits per heavy atom. The molecule has 7 heteroatoms. The van der Waals surface area contributed by atoms with E-state index < -0.39 is 7.82 Å². The monoisotopic (exact) mass is 240 g/mol. The Morgan fingerprint density at radius 2 is 1.87 bits per heavy atom. The van der Waals surface area contributed by atoms with Crippen molar-refractivity contribution in [2.24, 2.45) is 0 Å². The summed E-state index contributed by atoms with van der Waals surface area (Å²) in [6.07, 6.45) is 0.495. The number of hydrogen-bond acceptors (Lipinski definition) is 5. The summed E-state index contributed by atoms with van der Waals surface area (Å²) in [5.74, 6) is 0. The lowest BCUT2D eigenvalue weighted by molar-refractivity contribution is -0.870. The van der Waals surface area contributed by atoms with Crippen molar-refractivity contribution in [1.29, 1.82) is 0 Å². The predicted octanol–water partition coefficient (Wildman–Crippen LogP) is 0.679. The average Bonchev–Trinajstić information content (AvgIpc) is 2.13. The van der Waals surface area contributed by atoms with Crippen LogP contribution in [0.1, 0.15) is 0 Å². The van der Waals surface area contributed by atoms with E-state index >= 15 is 0 Å². The van der Waals surface area contributed by atoms with Crippen LogP contribution in [-0.2, 0) is 22.9 Å². The van der Waals surface area contributed by atoms with Crippen LogP contribution in [0.25, 0.3) is 0 Å². The Labute approximate surface area is 90.3 Å². The normalized spacial score (nSPS) is 16.0. The van der Waals surface area contributed by atoms with E-state index in [0.29, 0.717) is 17.3 Å². The third kappa shape index (κ3) is 7.64. The number of hydrogen-bond donors (Lipinski definition) is 0. The highest BCUT2D eigenvalue weighted by Gasteiger charge is 2.25. The van der Waals surface area contributed by atoms with E-state index in [-0.39, 0.29) is 13.2 Å². The summed E-state index contributed by atoms with van der Waals surface area (Å²) in [6, 6.07) is 0. The topological polar surface area (TPSA) is 61.8 Å². The molecule has 0 saturated heterocycles. The first kappa shape index (κ1) is 14.7. The molecule has 15 heavy (non-hydrogen) atoms. The summed E-state index contributed by atoms with van der Waals surface area (Å²) in [7, 11) is 3.61. The number of carbonyl (C=O) groups excluding carboxylic acids is 1. The second kappa shape index (κ2) is 6.35. The van der Waals surface area contributed by atoms with Crippen LogP contribution in [0.2, 0.25) is 0 Å². The van der Waals surface area contributed by atoms with E-state index in [4.69, 9.17) is 4.52 Å². The van der Waals surface area contributed by atoms with Gasteiger partial charge in [-0.25, -0.2) is 4.57 Å². The molecule has 0 N–H and O–H groups in total. The van der Waals surface area contributed by atoms with E-state index in [1.54, 1.807) is 0 Å².